The van der Waals surface area contributed by atoms with Crippen LogP contribution in [0.1, 0.15) is 11.1 Å². The summed E-state index contributed by atoms with van der Waals surface area (Å²) in [6.45, 7) is 0.0249. The fraction of sp³-hybridized carbons (Fsp3) is 0.158. The van der Waals surface area contributed by atoms with Crippen LogP contribution >= 0.6 is 11.6 Å². The highest BCUT2D eigenvalue weighted by Gasteiger charge is 2.12. The van der Waals surface area contributed by atoms with Crippen molar-refractivity contribution in [2.24, 2.45) is 0 Å². The number of anilines is 1. The molecule has 0 bridgehead atoms. The summed E-state index contributed by atoms with van der Waals surface area (Å²) in [5.74, 6) is -0.672. The number of ether oxygens (including phenoxy) is 1. The first-order valence-electron chi connectivity index (χ1n) is 7.31. The first-order valence-corrected chi connectivity index (χ1v) is 7.69. The Balaban J connectivity index is 2.08. The molecule has 0 radical (unpaired) electrons. The molecule has 0 spiro atoms. The molecule has 0 unspecified atom stereocenters. The summed E-state index contributed by atoms with van der Waals surface area (Å²) in [6, 6.07) is 16.5. The standard InChI is InChI=1S/C19H17ClN2O2/c1-22(2)17-9-7-14(8-10-17)11-16(12-21)19(23)24-13-15-5-3-4-6-18(15)20/h3-11H,13H2,1-2H3/b16-11+. The first kappa shape index (κ1) is 17.6. The van der Waals surface area contributed by atoms with Crippen molar-refractivity contribution in [2.75, 3.05) is 19.0 Å². The van der Waals surface area contributed by atoms with Crippen LogP contribution in [0.25, 0.3) is 6.08 Å². The molecule has 2 rings (SSSR count). The average Bonchev–Trinajstić information content (AvgIpc) is 2.59. The van der Waals surface area contributed by atoms with E-state index in [1.54, 1.807) is 18.2 Å². The summed E-state index contributed by atoms with van der Waals surface area (Å²) in [7, 11) is 3.88. The molecule has 0 aromatic heterocycles. The molecule has 122 valence electrons. The van der Waals surface area contributed by atoms with Gasteiger partial charge >= 0.3 is 5.97 Å². The van der Waals surface area contributed by atoms with Crippen molar-refractivity contribution in [3.05, 3.63) is 70.3 Å². The smallest absolute Gasteiger partial charge is 0.349 e. The summed E-state index contributed by atoms with van der Waals surface area (Å²) in [5.41, 5.74) is 2.43. The van der Waals surface area contributed by atoms with E-state index in [4.69, 9.17) is 16.3 Å². The molecule has 0 heterocycles. The van der Waals surface area contributed by atoms with Gasteiger partial charge in [0.15, 0.2) is 0 Å². The predicted molar refractivity (Wildman–Crippen MR) is 95.6 cm³/mol. The summed E-state index contributed by atoms with van der Waals surface area (Å²) in [6.07, 6.45) is 1.51. The van der Waals surface area contributed by atoms with Crippen molar-refractivity contribution >= 4 is 29.3 Å². The number of halogens is 1. The van der Waals surface area contributed by atoms with Gasteiger partial charge in [-0.15, -0.1) is 0 Å². The lowest BCUT2D eigenvalue weighted by Crippen LogP contribution is -2.08. The summed E-state index contributed by atoms with van der Waals surface area (Å²) < 4.78 is 5.17. The molecule has 0 fully saturated rings. The van der Waals surface area contributed by atoms with Crippen LogP contribution in [0.3, 0.4) is 0 Å². The molecule has 0 aliphatic rings. The molecule has 5 heteroatoms. The van der Waals surface area contributed by atoms with Crippen LogP contribution in [-0.4, -0.2) is 20.1 Å². The zero-order chi connectivity index (χ0) is 17.5. The Hall–Kier alpha value is -2.77. The summed E-state index contributed by atoms with van der Waals surface area (Å²) in [4.78, 5) is 14.0. The van der Waals surface area contributed by atoms with Crippen molar-refractivity contribution in [2.45, 2.75) is 6.61 Å². The van der Waals surface area contributed by atoms with Gasteiger partial charge in [-0.2, -0.15) is 5.26 Å². The van der Waals surface area contributed by atoms with E-state index in [-0.39, 0.29) is 12.2 Å². The van der Waals surface area contributed by atoms with Crippen molar-refractivity contribution in [1.82, 2.24) is 0 Å². The van der Waals surface area contributed by atoms with Gasteiger partial charge in [0.05, 0.1) is 0 Å². The van der Waals surface area contributed by atoms with Crippen molar-refractivity contribution < 1.29 is 9.53 Å². The maximum absolute atomic E-state index is 12.1. The monoisotopic (exact) mass is 340 g/mol. The number of nitrogens with zero attached hydrogens (tertiary/aromatic N) is 2. The van der Waals surface area contributed by atoms with Gasteiger partial charge in [0.2, 0.25) is 0 Å². The molecule has 0 aliphatic carbocycles. The molecular weight excluding hydrogens is 324 g/mol. The second-order valence-electron chi connectivity index (χ2n) is 5.32. The molecule has 4 nitrogen and oxygen atoms in total. The Morgan fingerprint density at radius 1 is 1.21 bits per heavy atom. The van der Waals surface area contributed by atoms with E-state index < -0.39 is 5.97 Å². The van der Waals surface area contributed by atoms with E-state index >= 15 is 0 Å². The Labute approximate surface area is 146 Å². The van der Waals surface area contributed by atoms with Gasteiger partial charge in [0.25, 0.3) is 0 Å². The molecule has 0 N–H and O–H groups in total. The highest BCUT2D eigenvalue weighted by molar-refractivity contribution is 6.31. The maximum Gasteiger partial charge on any atom is 0.349 e. The number of esters is 1. The Kier molecular flexibility index (Phi) is 6.00. The third kappa shape index (κ3) is 4.61. The third-order valence-electron chi connectivity index (χ3n) is 3.38. The molecular formula is C19H17ClN2O2. The highest BCUT2D eigenvalue weighted by atomic mass is 35.5. The fourth-order valence-corrected chi connectivity index (χ4v) is 2.20. The van der Waals surface area contributed by atoms with Crippen LogP contribution in [0.2, 0.25) is 5.02 Å². The minimum absolute atomic E-state index is 0.0249. The van der Waals surface area contributed by atoms with Gasteiger partial charge < -0.3 is 9.64 Å². The van der Waals surface area contributed by atoms with E-state index in [0.717, 1.165) is 11.3 Å². The molecule has 0 atom stereocenters. The van der Waals surface area contributed by atoms with Crippen LogP contribution in [0.5, 0.6) is 0 Å². The molecule has 0 saturated heterocycles. The van der Waals surface area contributed by atoms with E-state index in [9.17, 15) is 10.1 Å². The summed E-state index contributed by atoms with van der Waals surface area (Å²) >= 11 is 6.02. The maximum atomic E-state index is 12.1. The van der Waals surface area contributed by atoms with Crippen LogP contribution in [0, 0.1) is 11.3 Å². The van der Waals surface area contributed by atoms with Gasteiger partial charge in [-0.1, -0.05) is 41.9 Å². The highest BCUT2D eigenvalue weighted by Crippen LogP contribution is 2.18. The average molecular weight is 341 g/mol. The lowest BCUT2D eigenvalue weighted by Gasteiger charge is -2.11. The number of benzene rings is 2. The van der Waals surface area contributed by atoms with Crippen molar-refractivity contribution in [3.8, 4) is 6.07 Å². The first-order chi connectivity index (χ1) is 11.5. The largest absolute Gasteiger partial charge is 0.457 e. The van der Waals surface area contributed by atoms with Crippen LogP contribution < -0.4 is 4.90 Å². The topological polar surface area (TPSA) is 53.3 Å². The minimum atomic E-state index is -0.672. The van der Waals surface area contributed by atoms with E-state index in [1.807, 2.05) is 55.4 Å². The number of hydrogen-bond donors (Lipinski definition) is 0. The van der Waals surface area contributed by atoms with E-state index in [0.29, 0.717) is 10.6 Å². The number of rotatable bonds is 5. The molecule has 2 aromatic carbocycles. The molecule has 2 aromatic rings. The van der Waals surface area contributed by atoms with Crippen molar-refractivity contribution in [3.63, 3.8) is 0 Å². The van der Waals surface area contributed by atoms with E-state index in [1.165, 1.54) is 6.08 Å². The van der Waals surface area contributed by atoms with E-state index in [2.05, 4.69) is 0 Å². The zero-order valence-electron chi connectivity index (χ0n) is 13.5. The van der Waals surface area contributed by atoms with Crippen LogP contribution in [0.15, 0.2) is 54.1 Å². The van der Waals surface area contributed by atoms with Gasteiger partial charge in [-0.25, -0.2) is 4.79 Å². The summed E-state index contributed by atoms with van der Waals surface area (Å²) in [5, 5.41) is 9.72. The normalized spacial score (nSPS) is 10.8. The second-order valence-corrected chi connectivity index (χ2v) is 5.73. The lowest BCUT2D eigenvalue weighted by atomic mass is 10.1. The quantitative estimate of drug-likeness (QED) is 0.468. The van der Waals surface area contributed by atoms with Crippen molar-refractivity contribution in [1.29, 1.82) is 5.26 Å². The SMILES string of the molecule is CN(C)c1ccc(/C=C(\C#N)C(=O)OCc2ccccc2Cl)cc1. The number of carbonyl (C=O) groups excluding carboxylic acids is 1. The van der Waals surface area contributed by atoms with Crippen LogP contribution in [0.4, 0.5) is 5.69 Å². The number of carbonyl (C=O) groups is 1. The Morgan fingerprint density at radius 2 is 1.88 bits per heavy atom. The lowest BCUT2D eigenvalue weighted by molar-refractivity contribution is -0.139. The number of nitriles is 1. The second kappa shape index (κ2) is 8.19. The number of hydrogen-bond acceptors (Lipinski definition) is 4. The van der Waals surface area contributed by atoms with Gasteiger partial charge in [0, 0.05) is 30.4 Å². The van der Waals surface area contributed by atoms with Gasteiger partial charge in [-0.3, -0.25) is 0 Å². The zero-order valence-corrected chi connectivity index (χ0v) is 14.2. The predicted octanol–water partition coefficient (Wildman–Crippen LogP) is 4.06. The fourth-order valence-electron chi connectivity index (χ4n) is 2.01. The third-order valence-corrected chi connectivity index (χ3v) is 3.75. The van der Waals surface area contributed by atoms with Crippen LogP contribution in [-0.2, 0) is 16.1 Å². The molecule has 0 amide bonds. The Morgan fingerprint density at radius 3 is 2.46 bits per heavy atom. The Bertz CT molecular complexity index is 790. The molecule has 0 aliphatic heterocycles. The molecule has 0 saturated carbocycles. The van der Waals surface area contributed by atoms with Gasteiger partial charge in [0.1, 0.15) is 18.2 Å². The molecule has 24 heavy (non-hydrogen) atoms. The van der Waals surface area contributed by atoms with Gasteiger partial charge in [-0.05, 0) is 29.8 Å². The minimum Gasteiger partial charge on any atom is -0.457 e.